The maximum Gasteiger partial charge on any atom is 0.219 e. The van der Waals surface area contributed by atoms with E-state index in [1.165, 1.54) is 0 Å². The minimum absolute atomic E-state index is 0.0829. The number of nitrogens with zero attached hydrogens (tertiary/aromatic N) is 1. The number of anilines is 1. The van der Waals surface area contributed by atoms with Gasteiger partial charge in [-0.05, 0) is 31.4 Å². The zero-order chi connectivity index (χ0) is 14.5. The normalized spacial score (nSPS) is 22.4. The smallest absolute Gasteiger partial charge is 0.219 e. The molecule has 1 amide bonds. The highest BCUT2D eigenvalue weighted by Gasteiger charge is 2.20. The first-order valence-corrected chi connectivity index (χ1v) is 7.24. The van der Waals surface area contributed by atoms with Gasteiger partial charge >= 0.3 is 0 Å². The number of hydrogen-bond acceptors (Lipinski definition) is 3. The summed E-state index contributed by atoms with van der Waals surface area (Å²) in [5.41, 5.74) is 2.28. The van der Waals surface area contributed by atoms with Crippen LogP contribution < -0.4 is 5.32 Å². The Hall–Kier alpha value is -1.55. The quantitative estimate of drug-likeness (QED) is 0.919. The van der Waals surface area contributed by atoms with E-state index >= 15 is 0 Å². The molecule has 4 nitrogen and oxygen atoms in total. The van der Waals surface area contributed by atoms with Crippen molar-refractivity contribution in [3.63, 3.8) is 0 Å². The molecule has 1 aromatic rings. The molecule has 0 saturated carbocycles. The van der Waals surface area contributed by atoms with Crippen LogP contribution in [0.25, 0.3) is 0 Å². The lowest BCUT2D eigenvalue weighted by Gasteiger charge is -2.30. The van der Waals surface area contributed by atoms with Crippen molar-refractivity contribution in [2.24, 2.45) is 0 Å². The second kappa shape index (κ2) is 6.75. The van der Waals surface area contributed by atoms with Gasteiger partial charge in [-0.25, -0.2) is 0 Å². The standard InChI is InChI=1S/C16H24N2O2/c1-12-10-15(8-9-20-12)17-16-7-5-4-6-14(16)11-18(3)13(2)19/h4-7,12,15,17H,8-11H2,1-3H3. The number of hydrogen-bond donors (Lipinski definition) is 1. The minimum Gasteiger partial charge on any atom is -0.382 e. The van der Waals surface area contributed by atoms with Gasteiger partial charge in [0.2, 0.25) is 5.91 Å². The van der Waals surface area contributed by atoms with Gasteiger partial charge in [0.05, 0.1) is 6.10 Å². The molecule has 1 aromatic carbocycles. The fourth-order valence-corrected chi connectivity index (χ4v) is 2.51. The van der Waals surface area contributed by atoms with Crippen molar-refractivity contribution in [1.82, 2.24) is 4.90 Å². The van der Waals surface area contributed by atoms with E-state index < -0.39 is 0 Å². The van der Waals surface area contributed by atoms with E-state index in [1.54, 1.807) is 11.8 Å². The Bertz CT molecular complexity index is 462. The van der Waals surface area contributed by atoms with Crippen molar-refractivity contribution in [1.29, 1.82) is 0 Å². The maximum atomic E-state index is 11.4. The van der Waals surface area contributed by atoms with E-state index in [1.807, 2.05) is 19.2 Å². The van der Waals surface area contributed by atoms with Crippen LogP contribution >= 0.6 is 0 Å². The van der Waals surface area contributed by atoms with E-state index in [-0.39, 0.29) is 5.91 Å². The summed E-state index contributed by atoms with van der Waals surface area (Å²) >= 11 is 0. The van der Waals surface area contributed by atoms with E-state index in [4.69, 9.17) is 4.74 Å². The molecule has 1 fully saturated rings. The molecule has 0 aromatic heterocycles. The molecule has 0 radical (unpaired) electrons. The number of nitrogens with one attached hydrogen (secondary N) is 1. The number of amides is 1. The Morgan fingerprint density at radius 3 is 2.90 bits per heavy atom. The fraction of sp³-hybridized carbons (Fsp3) is 0.562. The van der Waals surface area contributed by atoms with Crippen LogP contribution in [0.5, 0.6) is 0 Å². The highest BCUT2D eigenvalue weighted by molar-refractivity contribution is 5.73. The molecule has 1 saturated heterocycles. The molecule has 4 heteroatoms. The number of ether oxygens (including phenoxy) is 1. The molecule has 1 N–H and O–H groups in total. The maximum absolute atomic E-state index is 11.4. The molecule has 0 aliphatic carbocycles. The second-order valence-electron chi connectivity index (χ2n) is 5.58. The summed E-state index contributed by atoms with van der Waals surface area (Å²) in [6, 6.07) is 8.65. The van der Waals surface area contributed by atoms with Crippen LogP contribution in [-0.2, 0) is 16.1 Å². The predicted molar refractivity (Wildman–Crippen MR) is 80.6 cm³/mol. The highest BCUT2D eigenvalue weighted by Crippen LogP contribution is 2.22. The van der Waals surface area contributed by atoms with Gasteiger partial charge in [0, 0.05) is 38.9 Å². The molecule has 0 bridgehead atoms. The lowest BCUT2D eigenvalue weighted by Crippen LogP contribution is -2.33. The van der Waals surface area contributed by atoms with E-state index in [2.05, 4.69) is 24.4 Å². The minimum atomic E-state index is 0.0829. The molecule has 1 aliphatic rings. The van der Waals surface area contributed by atoms with Gasteiger partial charge in [-0.15, -0.1) is 0 Å². The average Bonchev–Trinajstić information content (AvgIpc) is 2.41. The molecule has 1 aliphatic heterocycles. The average molecular weight is 276 g/mol. The Balaban J connectivity index is 2.05. The zero-order valence-corrected chi connectivity index (χ0v) is 12.6. The van der Waals surface area contributed by atoms with Crippen molar-refractivity contribution in [3.05, 3.63) is 29.8 Å². The molecule has 2 unspecified atom stereocenters. The Labute approximate surface area is 121 Å². The summed E-state index contributed by atoms with van der Waals surface area (Å²) in [6.07, 6.45) is 2.37. The summed E-state index contributed by atoms with van der Waals surface area (Å²) in [7, 11) is 1.83. The molecule has 0 spiro atoms. The second-order valence-corrected chi connectivity index (χ2v) is 5.58. The number of para-hydroxylation sites is 1. The van der Waals surface area contributed by atoms with Crippen molar-refractivity contribution in [2.75, 3.05) is 19.0 Å². The van der Waals surface area contributed by atoms with Gasteiger partial charge in [-0.2, -0.15) is 0 Å². The van der Waals surface area contributed by atoms with Crippen LogP contribution in [0, 0.1) is 0 Å². The topological polar surface area (TPSA) is 41.6 Å². The lowest BCUT2D eigenvalue weighted by molar-refractivity contribution is -0.128. The predicted octanol–water partition coefficient (Wildman–Crippen LogP) is 2.64. The third kappa shape index (κ3) is 3.97. The molecule has 110 valence electrons. The highest BCUT2D eigenvalue weighted by atomic mass is 16.5. The third-order valence-corrected chi connectivity index (χ3v) is 3.81. The van der Waals surface area contributed by atoms with Crippen molar-refractivity contribution in [3.8, 4) is 0 Å². The summed E-state index contributed by atoms with van der Waals surface area (Å²) in [6.45, 7) is 5.16. The largest absolute Gasteiger partial charge is 0.382 e. The third-order valence-electron chi connectivity index (χ3n) is 3.81. The van der Waals surface area contributed by atoms with Crippen molar-refractivity contribution < 1.29 is 9.53 Å². The van der Waals surface area contributed by atoms with E-state index in [9.17, 15) is 4.79 Å². The number of rotatable bonds is 4. The molecular weight excluding hydrogens is 252 g/mol. The molecule has 2 atom stereocenters. The SMILES string of the molecule is CC(=O)N(C)Cc1ccccc1NC1CCOC(C)C1. The zero-order valence-electron chi connectivity index (χ0n) is 12.6. The molecular formula is C16H24N2O2. The van der Waals surface area contributed by atoms with Crippen LogP contribution in [0.3, 0.4) is 0 Å². The molecule has 1 heterocycles. The summed E-state index contributed by atoms with van der Waals surface area (Å²) in [5, 5.41) is 3.61. The summed E-state index contributed by atoms with van der Waals surface area (Å²) < 4.78 is 5.58. The Kier molecular flexibility index (Phi) is 5.01. The molecule has 20 heavy (non-hydrogen) atoms. The Morgan fingerprint density at radius 2 is 2.20 bits per heavy atom. The van der Waals surface area contributed by atoms with Crippen LogP contribution in [0.1, 0.15) is 32.3 Å². The van der Waals surface area contributed by atoms with Gasteiger partial charge in [0.25, 0.3) is 0 Å². The van der Waals surface area contributed by atoms with Crippen LogP contribution in [0.2, 0.25) is 0 Å². The van der Waals surface area contributed by atoms with Crippen LogP contribution in [0.4, 0.5) is 5.69 Å². The molecule has 2 rings (SSSR count). The van der Waals surface area contributed by atoms with Crippen molar-refractivity contribution >= 4 is 11.6 Å². The monoisotopic (exact) mass is 276 g/mol. The fourth-order valence-electron chi connectivity index (χ4n) is 2.51. The first-order chi connectivity index (χ1) is 9.56. The van der Waals surface area contributed by atoms with Crippen molar-refractivity contribution in [2.45, 2.75) is 45.4 Å². The van der Waals surface area contributed by atoms with Gasteiger partial charge < -0.3 is 15.0 Å². The Morgan fingerprint density at radius 1 is 1.45 bits per heavy atom. The lowest BCUT2D eigenvalue weighted by atomic mass is 10.0. The first-order valence-electron chi connectivity index (χ1n) is 7.24. The van der Waals surface area contributed by atoms with E-state index in [0.29, 0.717) is 18.7 Å². The van der Waals surface area contributed by atoms with Gasteiger partial charge in [0.15, 0.2) is 0 Å². The van der Waals surface area contributed by atoms with Crippen LogP contribution in [0.15, 0.2) is 24.3 Å². The van der Waals surface area contributed by atoms with E-state index in [0.717, 1.165) is 30.7 Å². The number of carbonyl (C=O) groups is 1. The van der Waals surface area contributed by atoms with Gasteiger partial charge in [-0.1, -0.05) is 18.2 Å². The van der Waals surface area contributed by atoms with Gasteiger partial charge in [0.1, 0.15) is 0 Å². The number of carbonyl (C=O) groups excluding carboxylic acids is 1. The summed E-state index contributed by atoms with van der Waals surface area (Å²) in [5.74, 6) is 0.0829. The van der Waals surface area contributed by atoms with Crippen LogP contribution in [-0.4, -0.2) is 36.6 Å². The van der Waals surface area contributed by atoms with Gasteiger partial charge in [-0.3, -0.25) is 4.79 Å². The first kappa shape index (κ1) is 14.9. The number of benzene rings is 1. The summed E-state index contributed by atoms with van der Waals surface area (Å²) in [4.78, 5) is 13.1.